The third kappa shape index (κ3) is 3.23. The number of hydrogen-bond acceptors (Lipinski definition) is 4. The summed E-state index contributed by atoms with van der Waals surface area (Å²) in [6.45, 7) is 2.16. The van der Waals surface area contributed by atoms with E-state index in [1.54, 1.807) is 6.92 Å². The van der Waals surface area contributed by atoms with Crippen LogP contribution in [0.2, 0.25) is 0 Å². The van der Waals surface area contributed by atoms with Crippen molar-refractivity contribution >= 4 is 21.8 Å². The molecule has 2 aliphatic rings. The number of nitrogens with zero attached hydrogens (tertiary/aromatic N) is 1. The molecular weight excluding hydrogens is 284 g/mol. The molecule has 2 N–H and O–H groups in total. The summed E-state index contributed by atoms with van der Waals surface area (Å²) in [6.07, 6.45) is 1.32. The zero-order chi connectivity index (χ0) is 14.9. The van der Waals surface area contributed by atoms with Crippen molar-refractivity contribution in [2.24, 2.45) is 5.92 Å². The summed E-state index contributed by atoms with van der Waals surface area (Å²) in [7, 11) is -2.94. The van der Waals surface area contributed by atoms with Gasteiger partial charge in [-0.25, -0.2) is 13.2 Å². The van der Waals surface area contributed by atoms with Gasteiger partial charge in [0, 0.05) is 18.6 Å². The number of hydrogen-bond donors (Lipinski definition) is 2. The van der Waals surface area contributed by atoms with Crippen LogP contribution in [0.15, 0.2) is 0 Å². The highest BCUT2D eigenvalue weighted by molar-refractivity contribution is 7.91. The molecule has 0 aliphatic carbocycles. The first-order chi connectivity index (χ1) is 9.30. The summed E-state index contributed by atoms with van der Waals surface area (Å²) in [5.41, 5.74) is 0. The Labute approximate surface area is 118 Å². The molecule has 0 aromatic heterocycles. The van der Waals surface area contributed by atoms with Crippen LogP contribution in [0.3, 0.4) is 0 Å². The van der Waals surface area contributed by atoms with Gasteiger partial charge in [-0.3, -0.25) is 4.79 Å². The molecule has 2 aliphatic heterocycles. The largest absolute Gasteiger partial charge is 0.481 e. The smallest absolute Gasteiger partial charge is 0.317 e. The Hall–Kier alpha value is -1.31. The van der Waals surface area contributed by atoms with E-state index in [1.165, 1.54) is 4.90 Å². The van der Waals surface area contributed by atoms with E-state index in [0.29, 0.717) is 25.8 Å². The summed E-state index contributed by atoms with van der Waals surface area (Å²) in [5, 5.41) is 11.9. The van der Waals surface area contributed by atoms with Crippen LogP contribution in [0, 0.1) is 5.92 Å². The predicted octanol–water partition coefficient (Wildman–Crippen LogP) is 0.0682. The predicted molar refractivity (Wildman–Crippen MR) is 72.1 cm³/mol. The zero-order valence-electron chi connectivity index (χ0n) is 11.4. The molecule has 2 rings (SSSR count). The third-order valence-corrected chi connectivity index (χ3v) is 5.93. The molecule has 7 nitrogen and oxygen atoms in total. The Bertz CT molecular complexity index is 490. The number of carbonyl (C=O) groups excluding carboxylic acids is 1. The molecule has 2 saturated heterocycles. The topological polar surface area (TPSA) is 104 Å². The van der Waals surface area contributed by atoms with Crippen LogP contribution in [-0.4, -0.2) is 60.6 Å². The van der Waals surface area contributed by atoms with Crippen LogP contribution >= 0.6 is 0 Å². The first-order valence-electron chi connectivity index (χ1n) is 6.80. The molecule has 8 heteroatoms. The number of rotatable bonds is 2. The lowest BCUT2D eigenvalue weighted by molar-refractivity contribution is -0.142. The standard InChI is InChI=1S/C12H20N2O5S/c1-8-10(11(15)16)2-5-14(8)12(17)13-9-3-6-20(18,19)7-4-9/h8-10H,2-7H2,1H3,(H,13,17)(H,15,16). The van der Waals surface area contributed by atoms with Crippen molar-refractivity contribution in [2.75, 3.05) is 18.1 Å². The summed E-state index contributed by atoms with van der Waals surface area (Å²) in [6, 6.07) is -0.757. The van der Waals surface area contributed by atoms with Gasteiger partial charge in [0.05, 0.1) is 17.4 Å². The first-order valence-corrected chi connectivity index (χ1v) is 8.62. The van der Waals surface area contributed by atoms with E-state index in [9.17, 15) is 18.0 Å². The maximum absolute atomic E-state index is 12.1. The van der Waals surface area contributed by atoms with Crippen molar-refractivity contribution in [2.45, 2.75) is 38.3 Å². The van der Waals surface area contributed by atoms with E-state index in [1.807, 2.05) is 0 Å². The minimum absolute atomic E-state index is 0.102. The average molecular weight is 304 g/mol. The summed E-state index contributed by atoms with van der Waals surface area (Å²) >= 11 is 0. The molecule has 2 amide bonds. The average Bonchev–Trinajstić information content (AvgIpc) is 2.74. The Morgan fingerprint density at radius 2 is 1.80 bits per heavy atom. The van der Waals surface area contributed by atoms with E-state index in [2.05, 4.69) is 5.32 Å². The van der Waals surface area contributed by atoms with Crippen molar-refractivity contribution in [1.29, 1.82) is 0 Å². The molecule has 0 spiro atoms. The number of aliphatic carboxylic acids is 1. The second-order valence-corrected chi connectivity index (χ2v) is 7.85. The zero-order valence-corrected chi connectivity index (χ0v) is 12.2. The van der Waals surface area contributed by atoms with Crippen LogP contribution < -0.4 is 5.32 Å². The van der Waals surface area contributed by atoms with E-state index in [-0.39, 0.29) is 29.6 Å². The van der Waals surface area contributed by atoms with Gasteiger partial charge in [-0.15, -0.1) is 0 Å². The highest BCUT2D eigenvalue weighted by Gasteiger charge is 2.38. The third-order valence-electron chi connectivity index (χ3n) is 4.22. The lowest BCUT2D eigenvalue weighted by Crippen LogP contribution is -2.49. The van der Waals surface area contributed by atoms with Gasteiger partial charge in [-0.2, -0.15) is 0 Å². The normalized spacial score (nSPS) is 30.1. The molecular formula is C12H20N2O5S. The fourth-order valence-corrected chi connectivity index (χ4v) is 4.34. The van der Waals surface area contributed by atoms with Gasteiger partial charge in [0.15, 0.2) is 0 Å². The van der Waals surface area contributed by atoms with E-state index < -0.39 is 21.7 Å². The highest BCUT2D eigenvalue weighted by Crippen LogP contribution is 2.24. The second-order valence-electron chi connectivity index (χ2n) is 5.54. The molecule has 114 valence electrons. The van der Waals surface area contributed by atoms with Gasteiger partial charge < -0.3 is 15.3 Å². The van der Waals surface area contributed by atoms with Gasteiger partial charge in [0.25, 0.3) is 0 Å². The molecule has 2 heterocycles. The molecule has 2 fully saturated rings. The monoisotopic (exact) mass is 304 g/mol. The fourth-order valence-electron chi connectivity index (χ4n) is 2.85. The van der Waals surface area contributed by atoms with E-state index >= 15 is 0 Å². The molecule has 0 radical (unpaired) electrons. The highest BCUT2D eigenvalue weighted by atomic mass is 32.2. The molecule has 2 unspecified atom stereocenters. The van der Waals surface area contributed by atoms with Crippen LogP contribution in [0.5, 0.6) is 0 Å². The summed E-state index contributed by atoms with van der Waals surface area (Å²) in [5.74, 6) is -1.19. The lowest BCUT2D eigenvalue weighted by Gasteiger charge is -2.28. The Morgan fingerprint density at radius 3 is 2.30 bits per heavy atom. The van der Waals surface area contributed by atoms with Gasteiger partial charge in [0.2, 0.25) is 0 Å². The van der Waals surface area contributed by atoms with Crippen LogP contribution in [0.25, 0.3) is 0 Å². The number of carboxylic acids is 1. The summed E-state index contributed by atoms with van der Waals surface area (Å²) < 4.78 is 22.6. The summed E-state index contributed by atoms with van der Waals surface area (Å²) in [4.78, 5) is 24.7. The van der Waals surface area contributed by atoms with E-state index in [0.717, 1.165) is 0 Å². The van der Waals surface area contributed by atoms with Crippen LogP contribution in [-0.2, 0) is 14.6 Å². The van der Waals surface area contributed by atoms with Crippen molar-refractivity contribution in [3.63, 3.8) is 0 Å². The Kier molecular flexibility index (Phi) is 4.22. The molecule has 20 heavy (non-hydrogen) atoms. The van der Waals surface area contributed by atoms with Gasteiger partial charge in [0.1, 0.15) is 9.84 Å². The van der Waals surface area contributed by atoms with Crippen molar-refractivity contribution in [3.05, 3.63) is 0 Å². The number of amides is 2. The quantitative estimate of drug-likeness (QED) is 0.751. The lowest BCUT2D eigenvalue weighted by atomic mass is 10.0. The number of nitrogens with one attached hydrogen (secondary N) is 1. The minimum Gasteiger partial charge on any atom is -0.481 e. The van der Waals surface area contributed by atoms with Gasteiger partial charge in [-0.1, -0.05) is 0 Å². The Balaban J connectivity index is 1.89. The molecule has 2 atom stereocenters. The number of urea groups is 1. The van der Waals surface area contributed by atoms with Crippen LogP contribution in [0.4, 0.5) is 4.79 Å². The second kappa shape index (κ2) is 5.59. The first kappa shape index (κ1) is 15.1. The van der Waals surface area contributed by atoms with Crippen molar-refractivity contribution in [1.82, 2.24) is 10.2 Å². The van der Waals surface area contributed by atoms with E-state index in [4.69, 9.17) is 5.11 Å². The number of carboxylic acid groups (broad SMARTS) is 1. The van der Waals surface area contributed by atoms with Gasteiger partial charge in [-0.05, 0) is 26.2 Å². The van der Waals surface area contributed by atoms with Crippen molar-refractivity contribution in [3.8, 4) is 0 Å². The van der Waals surface area contributed by atoms with Gasteiger partial charge >= 0.3 is 12.0 Å². The van der Waals surface area contributed by atoms with Crippen LogP contribution in [0.1, 0.15) is 26.2 Å². The number of likely N-dealkylation sites (tertiary alicyclic amines) is 1. The fraction of sp³-hybridized carbons (Fsp3) is 0.833. The SMILES string of the molecule is CC1C(C(=O)O)CCN1C(=O)NC1CCS(=O)(=O)CC1. The molecule has 0 bridgehead atoms. The minimum atomic E-state index is -2.94. The van der Waals surface area contributed by atoms with Crippen molar-refractivity contribution < 1.29 is 23.1 Å². The molecule has 0 saturated carbocycles. The molecule has 0 aromatic rings. The maximum Gasteiger partial charge on any atom is 0.317 e. The maximum atomic E-state index is 12.1. The Morgan fingerprint density at radius 1 is 1.20 bits per heavy atom. The number of carbonyl (C=O) groups is 2. The number of sulfone groups is 1. The molecule has 0 aromatic carbocycles.